The normalized spacial score (nSPS) is 14.9. The molecule has 3 heteroatoms. The average molecular weight is 317 g/mol. The number of allylic oxidation sites excluding steroid dienone is 2. The number of aldehydes is 1. The topological polar surface area (TPSA) is 29.5 Å². The Balaban J connectivity index is 2.15. The van der Waals surface area contributed by atoms with E-state index in [1.165, 1.54) is 11.6 Å². The Labute approximate surface area is 142 Å². The molecule has 0 N–H and O–H groups in total. The Morgan fingerprint density at radius 2 is 1.79 bits per heavy atom. The molecule has 0 fully saturated rings. The number of ether oxygens (including phenoxy) is 1. The van der Waals surface area contributed by atoms with Crippen molar-refractivity contribution in [1.82, 2.24) is 0 Å². The van der Waals surface area contributed by atoms with Gasteiger partial charge in [-0.1, -0.05) is 54.6 Å². The van der Waals surface area contributed by atoms with E-state index in [1.54, 1.807) is 6.08 Å². The highest BCUT2D eigenvalue weighted by atomic mass is 16.5. The van der Waals surface area contributed by atoms with Crippen molar-refractivity contribution in [3.05, 3.63) is 95.9 Å². The predicted octanol–water partition coefficient (Wildman–Crippen LogP) is 4.47. The van der Waals surface area contributed by atoms with E-state index < -0.39 is 0 Å². The quantitative estimate of drug-likeness (QED) is 0.615. The summed E-state index contributed by atoms with van der Waals surface area (Å²) in [5.74, 6) is 1.36. The van der Waals surface area contributed by atoms with Crippen LogP contribution in [-0.2, 0) is 9.53 Å². The number of hydrogen-bond donors (Lipinski definition) is 0. The zero-order valence-corrected chi connectivity index (χ0v) is 13.6. The molecule has 0 aromatic heterocycles. The molecule has 0 aliphatic carbocycles. The number of rotatable bonds is 4. The number of anilines is 1. The summed E-state index contributed by atoms with van der Waals surface area (Å²) in [5.41, 5.74) is 4.01. The van der Waals surface area contributed by atoms with Gasteiger partial charge in [0.1, 0.15) is 12.0 Å². The number of carbonyl (C=O) groups excluding carboxylic acids is 1. The van der Waals surface area contributed by atoms with Gasteiger partial charge in [-0.2, -0.15) is 0 Å². The standard InChI is InChI=1S/C21H19NO2/c1-16-10-12-19(13-11-16)22-15-17(2)24-21(20(22)9-6-14-23)18-7-4-3-5-8-18/h3-14H,2,15H2,1H3/b9-6+. The molecule has 3 rings (SSSR count). The fraction of sp³-hybridized carbons (Fsp3) is 0.0952. The van der Waals surface area contributed by atoms with Crippen LogP contribution in [0, 0.1) is 6.92 Å². The molecule has 0 spiro atoms. The van der Waals surface area contributed by atoms with E-state index in [2.05, 4.69) is 42.7 Å². The molecular formula is C21H19NO2. The summed E-state index contributed by atoms with van der Waals surface area (Å²) in [6.07, 6.45) is 4.03. The molecule has 0 saturated carbocycles. The molecule has 120 valence electrons. The van der Waals surface area contributed by atoms with Crippen molar-refractivity contribution < 1.29 is 9.53 Å². The van der Waals surface area contributed by atoms with Crippen LogP contribution in [0.5, 0.6) is 0 Å². The third-order valence-corrected chi connectivity index (χ3v) is 3.82. The van der Waals surface area contributed by atoms with Gasteiger partial charge in [-0.25, -0.2) is 0 Å². The highest BCUT2D eigenvalue weighted by Crippen LogP contribution is 2.34. The molecule has 1 heterocycles. The van der Waals surface area contributed by atoms with Crippen molar-refractivity contribution in [2.75, 3.05) is 11.4 Å². The maximum absolute atomic E-state index is 10.9. The summed E-state index contributed by atoms with van der Waals surface area (Å²) in [4.78, 5) is 13.0. The second-order valence-corrected chi connectivity index (χ2v) is 5.64. The lowest BCUT2D eigenvalue weighted by Crippen LogP contribution is -2.30. The highest BCUT2D eigenvalue weighted by Gasteiger charge is 2.24. The van der Waals surface area contributed by atoms with Crippen LogP contribution in [0.3, 0.4) is 0 Å². The first-order chi connectivity index (χ1) is 11.7. The third kappa shape index (κ3) is 3.30. The molecule has 0 amide bonds. The summed E-state index contributed by atoms with van der Waals surface area (Å²) in [5, 5.41) is 0. The van der Waals surface area contributed by atoms with Crippen LogP contribution in [0.2, 0.25) is 0 Å². The van der Waals surface area contributed by atoms with E-state index in [-0.39, 0.29) is 0 Å². The molecule has 0 unspecified atom stereocenters. The summed E-state index contributed by atoms with van der Waals surface area (Å²) >= 11 is 0. The molecule has 1 aliphatic rings. The summed E-state index contributed by atoms with van der Waals surface area (Å²) < 4.78 is 5.93. The van der Waals surface area contributed by atoms with Crippen LogP contribution in [0.25, 0.3) is 5.76 Å². The minimum Gasteiger partial charge on any atom is -0.458 e. The van der Waals surface area contributed by atoms with Gasteiger partial charge in [0.25, 0.3) is 0 Å². The predicted molar refractivity (Wildman–Crippen MR) is 97.3 cm³/mol. The Morgan fingerprint density at radius 1 is 1.08 bits per heavy atom. The van der Waals surface area contributed by atoms with Gasteiger partial charge in [-0.15, -0.1) is 0 Å². The largest absolute Gasteiger partial charge is 0.458 e. The molecule has 0 radical (unpaired) electrons. The van der Waals surface area contributed by atoms with Crippen LogP contribution in [0.4, 0.5) is 5.69 Å². The summed E-state index contributed by atoms with van der Waals surface area (Å²) in [7, 11) is 0. The van der Waals surface area contributed by atoms with Crippen molar-refractivity contribution in [1.29, 1.82) is 0 Å². The zero-order valence-electron chi connectivity index (χ0n) is 13.6. The van der Waals surface area contributed by atoms with E-state index >= 15 is 0 Å². The summed E-state index contributed by atoms with van der Waals surface area (Å²) in [6, 6.07) is 18.1. The van der Waals surface area contributed by atoms with Gasteiger partial charge in [-0.05, 0) is 31.2 Å². The fourth-order valence-corrected chi connectivity index (χ4v) is 2.66. The first-order valence-corrected chi connectivity index (χ1v) is 7.80. The minimum atomic E-state index is 0.540. The van der Waals surface area contributed by atoms with Gasteiger partial charge in [0, 0.05) is 11.3 Å². The van der Waals surface area contributed by atoms with Gasteiger partial charge < -0.3 is 9.64 Å². The second kappa shape index (κ2) is 7.01. The molecular weight excluding hydrogens is 298 g/mol. The Hall–Kier alpha value is -3.07. The molecule has 3 nitrogen and oxygen atoms in total. The van der Waals surface area contributed by atoms with Crippen LogP contribution < -0.4 is 4.90 Å². The molecule has 0 atom stereocenters. The number of aryl methyl sites for hydroxylation is 1. The Bertz CT molecular complexity index is 801. The molecule has 24 heavy (non-hydrogen) atoms. The fourth-order valence-electron chi connectivity index (χ4n) is 2.66. The van der Waals surface area contributed by atoms with Crippen molar-refractivity contribution >= 4 is 17.7 Å². The SMILES string of the molecule is C=C1CN(c2ccc(C)cc2)C(/C=C/C=O)=C(c2ccccc2)O1. The van der Waals surface area contributed by atoms with Crippen molar-refractivity contribution in [2.24, 2.45) is 0 Å². The molecule has 2 aromatic rings. The van der Waals surface area contributed by atoms with E-state index in [0.717, 1.165) is 23.2 Å². The number of hydrogen-bond acceptors (Lipinski definition) is 3. The van der Waals surface area contributed by atoms with Crippen molar-refractivity contribution in [3.63, 3.8) is 0 Å². The van der Waals surface area contributed by atoms with Crippen LogP contribution in [0.1, 0.15) is 11.1 Å². The maximum Gasteiger partial charge on any atom is 0.157 e. The average Bonchev–Trinajstić information content (AvgIpc) is 2.61. The Morgan fingerprint density at radius 3 is 2.46 bits per heavy atom. The van der Waals surface area contributed by atoms with Crippen LogP contribution in [-0.4, -0.2) is 12.8 Å². The van der Waals surface area contributed by atoms with E-state index in [0.29, 0.717) is 18.1 Å². The van der Waals surface area contributed by atoms with Gasteiger partial charge in [0.15, 0.2) is 5.76 Å². The lowest BCUT2D eigenvalue weighted by Gasteiger charge is -2.33. The smallest absolute Gasteiger partial charge is 0.157 e. The van der Waals surface area contributed by atoms with Crippen LogP contribution in [0.15, 0.2) is 84.8 Å². The zero-order chi connectivity index (χ0) is 16.9. The number of nitrogens with zero attached hydrogens (tertiary/aromatic N) is 1. The van der Waals surface area contributed by atoms with E-state index in [1.807, 2.05) is 30.3 Å². The first kappa shape index (κ1) is 15.8. The van der Waals surface area contributed by atoms with E-state index in [9.17, 15) is 4.79 Å². The molecule has 0 saturated heterocycles. The minimum absolute atomic E-state index is 0.540. The van der Waals surface area contributed by atoms with Crippen LogP contribution >= 0.6 is 0 Å². The van der Waals surface area contributed by atoms with Gasteiger partial charge in [-0.3, -0.25) is 4.79 Å². The second-order valence-electron chi connectivity index (χ2n) is 5.64. The van der Waals surface area contributed by atoms with E-state index in [4.69, 9.17) is 4.74 Å². The molecule has 1 aliphatic heterocycles. The van der Waals surface area contributed by atoms with Gasteiger partial charge in [0.05, 0.1) is 12.2 Å². The lowest BCUT2D eigenvalue weighted by atomic mass is 10.1. The maximum atomic E-state index is 10.9. The number of benzene rings is 2. The van der Waals surface area contributed by atoms with Crippen molar-refractivity contribution in [2.45, 2.75) is 6.92 Å². The number of carbonyl (C=O) groups is 1. The van der Waals surface area contributed by atoms with Gasteiger partial charge in [0.2, 0.25) is 0 Å². The third-order valence-electron chi connectivity index (χ3n) is 3.82. The van der Waals surface area contributed by atoms with Crippen molar-refractivity contribution in [3.8, 4) is 0 Å². The molecule has 2 aromatic carbocycles. The monoisotopic (exact) mass is 317 g/mol. The van der Waals surface area contributed by atoms with Gasteiger partial charge >= 0.3 is 0 Å². The molecule has 0 bridgehead atoms. The summed E-state index contributed by atoms with van der Waals surface area (Å²) in [6.45, 7) is 6.60. The Kier molecular flexibility index (Phi) is 4.62. The lowest BCUT2D eigenvalue weighted by molar-refractivity contribution is -0.104. The highest BCUT2D eigenvalue weighted by molar-refractivity contribution is 5.77. The first-order valence-electron chi connectivity index (χ1n) is 7.80.